The molecule has 2 heterocycles. The number of rotatable bonds is 6. The highest BCUT2D eigenvalue weighted by molar-refractivity contribution is 8.00. The van der Waals surface area contributed by atoms with Gasteiger partial charge in [-0.2, -0.15) is 5.10 Å². The Morgan fingerprint density at radius 2 is 1.97 bits per heavy atom. The summed E-state index contributed by atoms with van der Waals surface area (Å²) in [5.74, 6) is 1.00. The van der Waals surface area contributed by atoms with E-state index in [1.807, 2.05) is 61.5 Å². The third-order valence-corrected chi connectivity index (χ3v) is 5.49. The van der Waals surface area contributed by atoms with Crippen LogP contribution in [0.1, 0.15) is 5.56 Å². The lowest BCUT2D eigenvalue weighted by Crippen LogP contribution is -2.14. The fraction of sp³-hybridized carbons (Fsp3) is 0.136. The van der Waals surface area contributed by atoms with Gasteiger partial charge in [0.1, 0.15) is 10.8 Å². The minimum Gasteiger partial charge on any atom is -0.497 e. The summed E-state index contributed by atoms with van der Waals surface area (Å²) in [6.45, 7) is 1.97. The van der Waals surface area contributed by atoms with Crippen molar-refractivity contribution in [3.8, 4) is 17.0 Å². The fourth-order valence-corrected chi connectivity index (χ4v) is 3.72. The van der Waals surface area contributed by atoms with Gasteiger partial charge in [-0.05, 0) is 48.9 Å². The molecule has 4 rings (SSSR count). The normalized spacial score (nSPS) is 10.8. The molecule has 0 radical (unpaired) electrons. The van der Waals surface area contributed by atoms with Crippen LogP contribution in [0, 0.1) is 6.92 Å². The molecule has 1 amide bonds. The van der Waals surface area contributed by atoms with Crippen molar-refractivity contribution in [2.75, 3.05) is 18.2 Å². The van der Waals surface area contributed by atoms with Crippen LogP contribution in [0.4, 0.5) is 5.69 Å². The molecule has 6 nitrogen and oxygen atoms in total. The van der Waals surface area contributed by atoms with Gasteiger partial charge in [-0.25, -0.2) is 9.50 Å². The van der Waals surface area contributed by atoms with Gasteiger partial charge < -0.3 is 10.1 Å². The molecule has 0 saturated carbocycles. The zero-order valence-electron chi connectivity index (χ0n) is 16.1. The second kappa shape index (κ2) is 8.36. The maximum atomic E-state index is 12.4. The smallest absolute Gasteiger partial charge is 0.234 e. The molecule has 0 aliphatic carbocycles. The number of aromatic nitrogens is 3. The predicted octanol–water partition coefficient (Wildman–Crippen LogP) is 4.44. The lowest BCUT2D eigenvalue weighted by molar-refractivity contribution is -0.113. The van der Waals surface area contributed by atoms with E-state index >= 15 is 0 Å². The average Bonchev–Trinajstić information content (AvgIpc) is 3.19. The number of nitrogens with one attached hydrogen (secondary N) is 1. The highest BCUT2D eigenvalue weighted by Crippen LogP contribution is 2.27. The zero-order valence-corrected chi connectivity index (χ0v) is 16.9. The van der Waals surface area contributed by atoms with Crippen molar-refractivity contribution in [2.24, 2.45) is 0 Å². The second-order valence-corrected chi connectivity index (χ2v) is 7.44. The maximum absolute atomic E-state index is 12.4. The first-order valence-electron chi connectivity index (χ1n) is 9.11. The Bertz CT molecular complexity index is 1160. The molecule has 0 atom stereocenters. The molecule has 2 aromatic carbocycles. The van der Waals surface area contributed by atoms with Crippen LogP contribution in [0.15, 0.2) is 72.0 Å². The van der Waals surface area contributed by atoms with E-state index in [9.17, 15) is 4.79 Å². The van der Waals surface area contributed by atoms with E-state index < -0.39 is 0 Å². The van der Waals surface area contributed by atoms with E-state index in [0.717, 1.165) is 38.8 Å². The number of carbonyl (C=O) groups is 1. The van der Waals surface area contributed by atoms with Gasteiger partial charge >= 0.3 is 0 Å². The predicted molar refractivity (Wildman–Crippen MR) is 116 cm³/mol. The fourth-order valence-electron chi connectivity index (χ4n) is 2.95. The summed E-state index contributed by atoms with van der Waals surface area (Å²) in [6, 6.07) is 17.5. The summed E-state index contributed by atoms with van der Waals surface area (Å²) in [7, 11) is 1.64. The number of thioether (sulfide) groups is 1. The molecule has 0 spiro atoms. The number of hydrogen-bond acceptors (Lipinski definition) is 5. The lowest BCUT2D eigenvalue weighted by atomic mass is 10.1. The van der Waals surface area contributed by atoms with Gasteiger partial charge in [0, 0.05) is 23.6 Å². The van der Waals surface area contributed by atoms with Crippen LogP contribution in [-0.4, -0.2) is 33.4 Å². The molecule has 0 aliphatic heterocycles. The summed E-state index contributed by atoms with van der Waals surface area (Å²) >= 11 is 1.39. The third-order valence-electron chi connectivity index (χ3n) is 4.50. The summed E-state index contributed by atoms with van der Waals surface area (Å²) in [6.07, 6.45) is 3.50. The van der Waals surface area contributed by atoms with Crippen molar-refractivity contribution < 1.29 is 9.53 Å². The number of benzene rings is 2. The van der Waals surface area contributed by atoms with E-state index in [0.29, 0.717) is 0 Å². The van der Waals surface area contributed by atoms with Crippen LogP contribution in [0.25, 0.3) is 16.8 Å². The molecule has 146 valence electrons. The lowest BCUT2D eigenvalue weighted by Gasteiger charge is -2.08. The van der Waals surface area contributed by atoms with Crippen LogP contribution >= 0.6 is 11.8 Å². The Kier molecular flexibility index (Phi) is 5.48. The van der Waals surface area contributed by atoms with Gasteiger partial charge in [-0.3, -0.25) is 4.79 Å². The van der Waals surface area contributed by atoms with E-state index in [4.69, 9.17) is 4.74 Å². The first kappa shape index (κ1) is 19.0. The van der Waals surface area contributed by atoms with Gasteiger partial charge in [0.05, 0.1) is 24.1 Å². The number of ether oxygens (including phenoxy) is 1. The quantitative estimate of drug-likeness (QED) is 0.481. The van der Waals surface area contributed by atoms with Gasteiger partial charge in [-0.1, -0.05) is 30.0 Å². The molecule has 0 fully saturated rings. The van der Waals surface area contributed by atoms with Crippen molar-refractivity contribution in [1.29, 1.82) is 0 Å². The van der Waals surface area contributed by atoms with Crippen molar-refractivity contribution in [1.82, 2.24) is 14.6 Å². The molecular formula is C22H20N4O2S. The molecule has 4 aromatic rings. The molecule has 7 heteroatoms. The van der Waals surface area contributed by atoms with Crippen molar-refractivity contribution in [3.63, 3.8) is 0 Å². The van der Waals surface area contributed by atoms with Gasteiger partial charge in [0.15, 0.2) is 0 Å². The van der Waals surface area contributed by atoms with Gasteiger partial charge in [0.25, 0.3) is 0 Å². The van der Waals surface area contributed by atoms with Crippen LogP contribution in [0.5, 0.6) is 5.75 Å². The van der Waals surface area contributed by atoms with E-state index in [2.05, 4.69) is 15.4 Å². The highest BCUT2D eigenvalue weighted by atomic mass is 32.2. The number of aryl methyl sites for hydroxylation is 1. The number of methoxy groups -OCH3 is 1. The molecule has 1 N–H and O–H groups in total. The maximum Gasteiger partial charge on any atom is 0.234 e. The average molecular weight is 404 g/mol. The molecule has 0 bridgehead atoms. The third kappa shape index (κ3) is 4.25. The largest absolute Gasteiger partial charge is 0.497 e. The Morgan fingerprint density at radius 3 is 2.72 bits per heavy atom. The van der Waals surface area contributed by atoms with Gasteiger partial charge in [0.2, 0.25) is 5.91 Å². The van der Waals surface area contributed by atoms with Crippen molar-refractivity contribution in [3.05, 3.63) is 72.6 Å². The summed E-state index contributed by atoms with van der Waals surface area (Å²) in [4.78, 5) is 16.8. The second-order valence-electron chi connectivity index (χ2n) is 6.47. The zero-order chi connectivity index (χ0) is 20.2. The summed E-state index contributed by atoms with van der Waals surface area (Å²) in [5, 5.41) is 8.34. The molecule has 0 unspecified atom stereocenters. The van der Waals surface area contributed by atoms with Crippen LogP contribution in [0.2, 0.25) is 0 Å². The number of carbonyl (C=O) groups excluding carboxylic acids is 1. The van der Waals surface area contributed by atoms with E-state index in [1.54, 1.807) is 24.0 Å². The number of anilines is 1. The van der Waals surface area contributed by atoms with E-state index in [-0.39, 0.29) is 11.7 Å². The number of hydrogen-bond donors (Lipinski definition) is 1. The van der Waals surface area contributed by atoms with E-state index in [1.165, 1.54) is 11.8 Å². The number of fused-ring (bicyclic) bond motifs is 1. The Balaban J connectivity index is 1.51. The van der Waals surface area contributed by atoms with Crippen LogP contribution in [-0.2, 0) is 4.79 Å². The highest BCUT2D eigenvalue weighted by Gasteiger charge is 2.12. The number of amides is 1. The Labute approximate surface area is 172 Å². The minimum absolute atomic E-state index is 0.0667. The first-order chi connectivity index (χ1) is 14.1. The summed E-state index contributed by atoms with van der Waals surface area (Å²) in [5.41, 5.74) is 4.56. The van der Waals surface area contributed by atoms with Crippen LogP contribution in [0.3, 0.4) is 0 Å². The van der Waals surface area contributed by atoms with Crippen molar-refractivity contribution in [2.45, 2.75) is 11.9 Å². The standard InChI is InChI=1S/C22H20N4O2S/c1-15-5-3-4-6-18(15)24-21(27)14-29-22-20-13-19(25-26(20)12-11-23-22)16-7-9-17(28-2)10-8-16/h3-13H,14H2,1-2H3,(H,24,27). The Hall–Kier alpha value is -3.32. The first-order valence-corrected chi connectivity index (χ1v) is 10.1. The SMILES string of the molecule is COc1ccc(-c2cc3c(SCC(=O)Nc4ccccc4C)nccn3n2)cc1. The molecule has 0 aliphatic rings. The molecular weight excluding hydrogens is 384 g/mol. The molecule has 29 heavy (non-hydrogen) atoms. The minimum atomic E-state index is -0.0667. The summed E-state index contributed by atoms with van der Waals surface area (Å²) < 4.78 is 7.00. The van der Waals surface area contributed by atoms with Crippen LogP contribution < -0.4 is 10.1 Å². The molecule has 0 saturated heterocycles. The topological polar surface area (TPSA) is 68.5 Å². The monoisotopic (exact) mass is 404 g/mol. The molecule has 2 aromatic heterocycles. The number of nitrogens with zero attached hydrogens (tertiary/aromatic N) is 3. The Morgan fingerprint density at radius 1 is 1.17 bits per heavy atom. The van der Waals surface area contributed by atoms with Crippen molar-refractivity contribution >= 4 is 28.9 Å². The number of para-hydroxylation sites is 1. The van der Waals surface area contributed by atoms with Gasteiger partial charge in [-0.15, -0.1) is 0 Å².